The van der Waals surface area contributed by atoms with Crippen LogP contribution in [0.3, 0.4) is 0 Å². The molecular formula is C4H6NO2. The molecule has 3 nitrogen and oxygen atoms in total. The minimum atomic E-state index is 0.622. The van der Waals surface area contributed by atoms with Crippen molar-refractivity contribution < 1.29 is 9.57 Å². The summed E-state index contributed by atoms with van der Waals surface area (Å²) in [6, 6.07) is 0. The van der Waals surface area contributed by atoms with Gasteiger partial charge in [-0.25, -0.2) is 0 Å². The molecule has 7 heavy (non-hydrogen) atoms. The third-order valence-electron chi connectivity index (χ3n) is 0.602. The molecule has 0 aliphatic carbocycles. The molecule has 0 aromatic heterocycles. The van der Waals surface area contributed by atoms with Crippen molar-refractivity contribution in [1.29, 1.82) is 0 Å². The highest BCUT2D eigenvalue weighted by Gasteiger charge is 1.90. The van der Waals surface area contributed by atoms with Gasteiger partial charge in [-0.1, -0.05) is 5.16 Å². The minimum Gasteiger partial charge on any atom is -0.473 e. The Balaban J connectivity index is 2.20. The topological polar surface area (TPSA) is 30.8 Å². The average Bonchev–Trinajstić information content (AvgIpc) is 1.90. The molecule has 1 heterocycles. The van der Waals surface area contributed by atoms with Crippen LogP contribution in [0.1, 0.15) is 6.42 Å². The molecular weight excluding hydrogens is 94.0 g/mol. The summed E-state index contributed by atoms with van der Waals surface area (Å²) in [5.74, 6) is 0. The first-order chi connectivity index (χ1) is 3.50. The molecule has 0 fully saturated rings. The number of hydrogen-bond acceptors (Lipinski definition) is 3. The first-order valence-corrected chi connectivity index (χ1v) is 2.11. The Morgan fingerprint density at radius 3 is 3.57 bits per heavy atom. The molecule has 0 aromatic rings. The maximum absolute atomic E-state index is 4.65. The van der Waals surface area contributed by atoms with Crippen molar-refractivity contribution >= 4 is 6.40 Å². The maximum atomic E-state index is 4.65. The molecule has 39 valence electrons. The summed E-state index contributed by atoms with van der Waals surface area (Å²) in [5, 5.41) is 3.39. The lowest BCUT2D eigenvalue weighted by Gasteiger charge is -1.87. The smallest absolute Gasteiger partial charge is 0.212 e. The fraction of sp³-hybridized carbons (Fsp3) is 0.500. The van der Waals surface area contributed by atoms with Crippen molar-refractivity contribution in [3.8, 4) is 0 Å². The van der Waals surface area contributed by atoms with Gasteiger partial charge >= 0.3 is 0 Å². The Morgan fingerprint density at radius 2 is 2.57 bits per heavy atom. The van der Waals surface area contributed by atoms with Crippen LogP contribution in [0.5, 0.6) is 0 Å². The van der Waals surface area contributed by atoms with Gasteiger partial charge in [0.05, 0.1) is 0 Å². The number of rotatable bonds is 0. The van der Waals surface area contributed by atoms with Crippen LogP contribution in [0.15, 0.2) is 5.16 Å². The van der Waals surface area contributed by atoms with Gasteiger partial charge in [0, 0.05) is 6.42 Å². The first-order valence-electron chi connectivity index (χ1n) is 2.11. The fourth-order valence-electron chi connectivity index (χ4n) is 0.320. The molecule has 1 aliphatic heterocycles. The molecule has 1 rings (SSSR count). The van der Waals surface area contributed by atoms with Gasteiger partial charge in [-0.05, 0) is 0 Å². The number of oxime groups is 1. The predicted octanol–water partition coefficient (Wildman–Crippen LogP) is 0.528. The summed E-state index contributed by atoms with van der Waals surface area (Å²) in [6.45, 7) is 2.27. The zero-order valence-electron chi connectivity index (χ0n) is 3.83. The minimum absolute atomic E-state index is 0.622. The van der Waals surface area contributed by atoms with Gasteiger partial charge in [-0.2, -0.15) is 0 Å². The van der Waals surface area contributed by atoms with Gasteiger partial charge in [0.1, 0.15) is 13.2 Å². The van der Waals surface area contributed by atoms with Crippen LogP contribution < -0.4 is 0 Å². The monoisotopic (exact) mass is 100 g/mol. The lowest BCUT2D eigenvalue weighted by atomic mass is 10.5. The zero-order chi connectivity index (χ0) is 4.95. The molecule has 0 N–H and O–H groups in total. The van der Waals surface area contributed by atoms with E-state index in [0.29, 0.717) is 6.61 Å². The highest BCUT2D eigenvalue weighted by atomic mass is 16.6. The summed E-state index contributed by atoms with van der Waals surface area (Å²) >= 11 is 0. The van der Waals surface area contributed by atoms with Crippen LogP contribution in [0.2, 0.25) is 0 Å². The molecule has 0 spiro atoms. The van der Waals surface area contributed by atoms with E-state index in [1.807, 2.05) is 0 Å². The second kappa shape index (κ2) is 2.44. The zero-order valence-corrected chi connectivity index (χ0v) is 3.83. The largest absolute Gasteiger partial charge is 0.473 e. The fourth-order valence-corrected chi connectivity index (χ4v) is 0.320. The molecule has 0 atom stereocenters. The molecule has 0 unspecified atom stereocenters. The molecule has 0 aromatic carbocycles. The Morgan fingerprint density at radius 1 is 1.57 bits per heavy atom. The Kier molecular flexibility index (Phi) is 1.55. The second-order valence-corrected chi connectivity index (χ2v) is 1.14. The summed E-state index contributed by atoms with van der Waals surface area (Å²) in [7, 11) is 0. The van der Waals surface area contributed by atoms with E-state index < -0.39 is 0 Å². The van der Waals surface area contributed by atoms with Crippen LogP contribution >= 0.6 is 0 Å². The Hall–Kier alpha value is -0.730. The van der Waals surface area contributed by atoms with Crippen molar-refractivity contribution in [1.82, 2.24) is 0 Å². The Labute approximate surface area is 41.9 Å². The van der Waals surface area contributed by atoms with Gasteiger partial charge in [0.25, 0.3) is 0 Å². The average molecular weight is 100 g/mol. The van der Waals surface area contributed by atoms with E-state index in [1.165, 1.54) is 6.40 Å². The molecule has 0 saturated carbocycles. The van der Waals surface area contributed by atoms with Crippen LogP contribution in [-0.4, -0.2) is 13.0 Å². The molecule has 0 bridgehead atoms. The lowest BCUT2D eigenvalue weighted by Crippen LogP contribution is -1.83. The van der Waals surface area contributed by atoms with Crippen LogP contribution in [-0.2, 0) is 9.57 Å². The van der Waals surface area contributed by atoms with Crippen molar-refractivity contribution in [2.75, 3.05) is 6.61 Å². The van der Waals surface area contributed by atoms with E-state index in [1.54, 1.807) is 6.61 Å². The Bertz CT molecular complexity index is 64.1. The highest BCUT2D eigenvalue weighted by Crippen LogP contribution is 1.92. The summed E-state index contributed by atoms with van der Waals surface area (Å²) in [4.78, 5) is 4.61. The van der Waals surface area contributed by atoms with Crippen LogP contribution in [0.4, 0.5) is 0 Å². The van der Waals surface area contributed by atoms with Crippen LogP contribution in [0.25, 0.3) is 0 Å². The number of ether oxygens (including phenoxy) is 1. The summed E-state index contributed by atoms with van der Waals surface area (Å²) in [5.41, 5.74) is 0. The lowest BCUT2D eigenvalue weighted by molar-refractivity contribution is 0.151. The number of nitrogens with zero attached hydrogens (tertiary/aromatic N) is 1. The third kappa shape index (κ3) is 1.43. The highest BCUT2D eigenvalue weighted by molar-refractivity contribution is 5.45. The summed E-state index contributed by atoms with van der Waals surface area (Å²) in [6.07, 6.45) is 2.08. The van der Waals surface area contributed by atoms with Gasteiger partial charge in [-0.3, -0.25) is 0 Å². The van der Waals surface area contributed by atoms with Gasteiger partial charge < -0.3 is 9.57 Å². The predicted molar refractivity (Wildman–Crippen MR) is 24.4 cm³/mol. The second-order valence-electron chi connectivity index (χ2n) is 1.14. The van der Waals surface area contributed by atoms with E-state index >= 15 is 0 Å². The molecule has 0 amide bonds. The molecule has 0 saturated heterocycles. The normalized spacial score (nSPS) is 19.4. The van der Waals surface area contributed by atoms with E-state index in [-0.39, 0.29) is 0 Å². The molecule has 1 radical (unpaired) electrons. The van der Waals surface area contributed by atoms with E-state index in [9.17, 15) is 0 Å². The van der Waals surface area contributed by atoms with Gasteiger partial charge in [0.2, 0.25) is 6.40 Å². The number of hydrogen-bond donors (Lipinski definition) is 0. The first kappa shape index (κ1) is 4.43. The van der Waals surface area contributed by atoms with E-state index in [2.05, 4.69) is 14.7 Å². The van der Waals surface area contributed by atoms with Crippen molar-refractivity contribution in [3.63, 3.8) is 0 Å². The maximum Gasteiger partial charge on any atom is 0.212 e. The molecule has 3 heteroatoms. The van der Waals surface area contributed by atoms with E-state index in [4.69, 9.17) is 0 Å². The van der Waals surface area contributed by atoms with Crippen molar-refractivity contribution in [2.45, 2.75) is 6.42 Å². The third-order valence-corrected chi connectivity index (χ3v) is 0.602. The van der Waals surface area contributed by atoms with E-state index in [0.717, 1.165) is 6.42 Å². The van der Waals surface area contributed by atoms with Gasteiger partial charge in [0.15, 0.2) is 0 Å². The van der Waals surface area contributed by atoms with Crippen molar-refractivity contribution in [2.24, 2.45) is 5.16 Å². The van der Waals surface area contributed by atoms with Crippen LogP contribution in [0, 0.1) is 6.61 Å². The standard InChI is InChI=1S/C4H6NO2/c1-2-6-4-5-7-3-1/h2,4H,1,3H2. The van der Waals surface area contributed by atoms with Crippen molar-refractivity contribution in [3.05, 3.63) is 6.61 Å². The molecule has 1 aliphatic rings. The summed E-state index contributed by atoms with van der Waals surface area (Å²) < 4.78 is 4.65. The quantitative estimate of drug-likeness (QED) is 0.444. The SMILES string of the molecule is [CH]1CCON=CO1. The van der Waals surface area contributed by atoms with Gasteiger partial charge in [-0.15, -0.1) is 0 Å².